The molecule has 1 N–H and O–H groups in total. The highest BCUT2D eigenvalue weighted by Gasteiger charge is 2.48. The summed E-state index contributed by atoms with van der Waals surface area (Å²) in [4.78, 5) is 44.9. The third kappa shape index (κ3) is 4.99. The standard InChI is InChI=1S/C28H28N2O7S/c1-5-14-37-19-13-12-18(15-20(19)36-6-2)22-21(23(31)17-10-8-7-9-11-17)24(32)26(33)30(22)28-29-16(3)25(38-28)27(34)35-4/h7-13,15,22,31H,5-6,14H2,1-4H3. The SMILES string of the molecule is CCCOc1ccc(C2C(=C(O)c3ccccc3)C(=O)C(=O)N2c2nc(C)c(C(=O)OC)s2)cc1OCC. The topological polar surface area (TPSA) is 115 Å². The summed E-state index contributed by atoms with van der Waals surface area (Å²) in [6, 6.07) is 12.6. The molecule has 9 nitrogen and oxygen atoms in total. The van der Waals surface area contributed by atoms with Gasteiger partial charge in [-0.15, -0.1) is 0 Å². The zero-order chi connectivity index (χ0) is 27.4. The number of amides is 1. The van der Waals surface area contributed by atoms with Gasteiger partial charge in [0, 0.05) is 5.56 Å². The van der Waals surface area contributed by atoms with Gasteiger partial charge in [0.1, 0.15) is 10.6 Å². The van der Waals surface area contributed by atoms with Gasteiger partial charge in [0.25, 0.3) is 5.78 Å². The lowest BCUT2D eigenvalue weighted by atomic mass is 9.95. The van der Waals surface area contributed by atoms with Crippen molar-refractivity contribution in [3.8, 4) is 11.5 Å². The number of carbonyl (C=O) groups excluding carboxylic acids is 3. The Morgan fingerprint density at radius 1 is 1.08 bits per heavy atom. The van der Waals surface area contributed by atoms with Crippen LogP contribution < -0.4 is 14.4 Å². The Balaban J connectivity index is 1.93. The minimum absolute atomic E-state index is 0.0988. The summed E-state index contributed by atoms with van der Waals surface area (Å²) in [7, 11) is 1.25. The monoisotopic (exact) mass is 536 g/mol. The fraction of sp³-hybridized carbons (Fsp3) is 0.286. The number of carbonyl (C=O) groups is 3. The van der Waals surface area contributed by atoms with Crippen molar-refractivity contribution in [2.75, 3.05) is 25.2 Å². The molecular weight excluding hydrogens is 508 g/mol. The number of aryl methyl sites for hydroxylation is 1. The number of aliphatic hydroxyl groups is 1. The summed E-state index contributed by atoms with van der Waals surface area (Å²) in [5.74, 6) is -1.69. The van der Waals surface area contributed by atoms with Gasteiger partial charge in [-0.1, -0.05) is 54.7 Å². The maximum Gasteiger partial charge on any atom is 0.350 e. The molecule has 10 heteroatoms. The van der Waals surface area contributed by atoms with Gasteiger partial charge < -0.3 is 19.3 Å². The van der Waals surface area contributed by atoms with Gasteiger partial charge in [-0.05, 0) is 38.0 Å². The van der Waals surface area contributed by atoms with Crippen molar-refractivity contribution in [2.45, 2.75) is 33.2 Å². The first kappa shape index (κ1) is 26.9. The minimum Gasteiger partial charge on any atom is -0.507 e. The van der Waals surface area contributed by atoms with Crippen LogP contribution in [0.15, 0.2) is 54.1 Å². The molecule has 3 aromatic rings. The molecule has 1 saturated heterocycles. The van der Waals surface area contributed by atoms with E-state index in [4.69, 9.17) is 14.2 Å². The van der Waals surface area contributed by atoms with E-state index in [-0.39, 0.29) is 21.3 Å². The Morgan fingerprint density at radius 3 is 2.47 bits per heavy atom. The number of hydrogen-bond acceptors (Lipinski definition) is 9. The van der Waals surface area contributed by atoms with E-state index in [1.807, 2.05) is 13.8 Å². The highest BCUT2D eigenvalue weighted by molar-refractivity contribution is 7.17. The van der Waals surface area contributed by atoms with E-state index in [1.165, 1.54) is 12.0 Å². The van der Waals surface area contributed by atoms with E-state index in [2.05, 4.69) is 4.98 Å². The van der Waals surface area contributed by atoms with Crippen LogP contribution in [0.2, 0.25) is 0 Å². The summed E-state index contributed by atoms with van der Waals surface area (Å²) >= 11 is 0.939. The van der Waals surface area contributed by atoms with E-state index in [0.29, 0.717) is 41.5 Å². The quantitative estimate of drug-likeness (QED) is 0.175. The second kappa shape index (κ2) is 11.5. The van der Waals surface area contributed by atoms with E-state index in [0.717, 1.165) is 17.8 Å². The molecule has 0 saturated carbocycles. The van der Waals surface area contributed by atoms with Gasteiger partial charge in [-0.3, -0.25) is 14.5 Å². The molecule has 0 bridgehead atoms. The number of ketones is 1. The fourth-order valence-electron chi connectivity index (χ4n) is 4.16. The summed E-state index contributed by atoms with van der Waals surface area (Å²) < 4.78 is 16.5. The lowest BCUT2D eigenvalue weighted by Crippen LogP contribution is -2.29. The highest BCUT2D eigenvalue weighted by atomic mass is 32.1. The Bertz CT molecular complexity index is 1400. The predicted octanol–water partition coefficient (Wildman–Crippen LogP) is 5.05. The number of aromatic nitrogens is 1. The summed E-state index contributed by atoms with van der Waals surface area (Å²) in [6.07, 6.45) is 0.802. The number of methoxy groups -OCH3 is 1. The summed E-state index contributed by atoms with van der Waals surface area (Å²) in [6.45, 7) is 6.30. The maximum absolute atomic E-state index is 13.4. The van der Waals surface area contributed by atoms with Crippen LogP contribution in [-0.2, 0) is 14.3 Å². The fourth-order valence-corrected chi connectivity index (χ4v) is 5.17. The second-order valence-electron chi connectivity index (χ2n) is 8.43. The lowest BCUT2D eigenvalue weighted by Gasteiger charge is -2.24. The number of thiazole rings is 1. The third-order valence-corrected chi connectivity index (χ3v) is 7.04. The maximum atomic E-state index is 13.4. The van der Waals surface area contributed by atoms with Crippen LogP contribution in [0, 0.1) is 6.92 Å². The van der Waals surface area contributed by atoms with Crippen LogP contribution in [0.25, 0.3) is 5.76 Å². The number of rotatable bonds is 9. The van der Waals surface area contributed by atoms with Crippen molar-refractivity contribution in [3.05, 3.63) is 75.8 Å². The van der Waals surface area contributed by atoms with Gasteiger partial charge in [-0.25, -0.2) is 9.78 Å². The average Bonchev–Trinajstić information content (AvgIpc) is 3.44. The van der Waals surface area contributed by atoms with E-state index in [1.54, 1.807) is 55.5 Å². The molecule has 1 aromatic heterocycles. The molecule has 4 rings (SSSR count). The zero-order valence-electron chi connectivity index (χ0n) is 21.5. The molecule has 2 aromatic carbocycles. The molecule has 1 amide bonds. The average molecular weight is 537 g/mol. The van der Waals surface area contributed by atoms with Gasteiger partial charge in [0.2, 0.25) is 0 Å². The third-order valence-electron chi connectivity index (χ3n) is 5.90. The molecule has 198 valence electrons. The van der Waals surface area contributed by atoms with Crippen molar-refractivity contribution < 1.29 is 33.7 Å². The smallest absolute Gasteiger partial charge is 0.350 e. The number of nitrogens with zero attached hydrogens (tertiary/aromatic N) is 2. The Kier molecular flexibility index (Phi) is 8.11. The number of Topliss-reactive ketones (excluding diaryl/α,β-unsaturated/α-hetero) is 1. The van der Waals surface area contributed by atoms with Crippen molar-refractivity contribution in [1.29, 1.82) is 0 Å². The van der Waals surface area contributed by atoms with Gasteiger partial charge >= 0.3 is 11.9 Å². The van der Waals surface area contributed by atoms with Crippen LogP contribution in [0.5, 0.6) is 11.5 Å². The van der Waals surface area contributed by atoms with Crippen LogP contribution in [0.1, 0.15) is 52.8 Å². The predicted molar refractivity (Wildman–Crippen MR) is 143 cm³/mol. The number of anilines is 1. The Labute approximate surface area is 224 Å². The number of ether oxygens (including phenoxy) is 3. The highest BCUT2D eigenvalue weighted by Crippen LogP contribution is 2.45. The molecule has 2 heterocycles. The zero-order valence-corrected chi connectivity index (χ0v) is 22.3. The van der Waals surface area contributed by atoms with E-state index in [9.17, 15) is 19.5 Å². The lowest BCUT2D eigenvalue weighted by molar-refractivity contribution is -0.132. The van der Waals surface area contributed by atoms with Crippen molar-refractivity contribution in [2.24, 2.45) is 0 Å². The number of benzene rings is 2. The van der Waals surface area contributed by atoms with Gasteiger partial charge in [0.15, 0.2) is 16.6 Å². The summed E-state index contributed by atoms with van der Waals surface area (Å²) in [5, 5.41) is 11.4. The van der Waals surface area contributed by atoms with Crippen LogP contribution in [0.4, 0.5) is 5.13 Å². The van der Waals surface area contributed by atoms with Crippen LogP contribution in [-0.4, -0.2) is 48.1 Å². The number of esters is 1. The molecule has 1 fully saturated rings. The molecule has 0 spiro atoms. The van der Waals surface area contributed by atoms with E-state index >= 15 is 0 Å². The summed E-state index contributed by atoms with van der Waals surface area (Å²) in [5.41, 5.74) is 1.15. The number of hydrogen-bond donors (Lipinski definition) is 1. The van der Waals surface area contributed by atoms with E-state index < -0.39 is 23.7 Å². The molecular formula is C28H28N2O7S. The van der Waals surface area contributed by atoms with Gasteiger partial charge in [0.05, 0.1) is 37.6 Å². The first-order chi connectivity index (χ1) is 18.3. The van der Waals surface area contributed by atoms with Gasteiger partial charge in [-0.2, -0.15) is 0 Å². The first-order valence-corrected chi connectivity index (χ1v) is 13.0. The largest absolute Gasteiger partial charge is 0.507 e. The van der Waals surface area contributed by atoms with Crippen molar-refractivity contribution in [3.63, 3.8) is 0 Å². The molecule has 0 aliphatic carbocycles. The first-order valence-electron chi connectivity index (χ1n) is 12.1. The normalized spacial score (nSPS) is 16.5. The van der Waals surface area contributed by atoms with Crippen molar-refractivity contribution in [1.82, 2.24) is 4.98 Å². The molecule has 1 aliphatic heterocycles. The van der Waals surface area contributed by atoms with Crippen molar-refractivity contribution >= 4 is 39.9 Å². The minimum atomic E-state index is -1.04. The van der Waals surface area contributed by atoms with Crippen LogP contribution in [0.3, 0.4) is 0 Å². The van der Waals surface area contributed by atoms with Crippen LogP contribution >= 0.6 is 11.3 Å². The molecule has 1 atom stereocenters. The number of aliphatic hydroxyl groups excluding tert-OH is 1. The Morgan fingerprint density at radius 2 is 1.82 bits per heavy atom. The Hall–Kier alpha value is -4.18. The molecule has 1 unspecified atom stereocenters. The second-order valence-corrected chi connectivity index (χ2v) is 9.40. The molecule has 38 heavy (non-hydrogen) atoms. The molecule has 1 aliphatic rings. The molecule has 0 radical (unpaired) electrons.